The molecule has 5 rings (SSSR count). The van der Waals surface area contributed by atoms with Gasteiger partial charge < -0.3 is 9.25 Å². The maximum absolute atomic E-state index is 12.0. The van der Waals surface area contributed by atoms with E-state index in [9.17, 15) is 4.79 Å². The molecule has 6 heteroatoms. The highest BCUT2D eigenvalue weighted by Crippen LogP contribution is 2.35. The maximum Gasteiger partial charge on any atom is 0.400 e. The van der Waals surface area contributed by atoms with E-state index in [1.165, 1.54) is 12.3 Å². The molecular weight excluding hydrogens is 330 g/mol. The molecular formula is C20H11N3O3. The zero-order valence-corrected chi connectivity index (χ0v) is 13.4. The van der Waals surface area contributed by atoms with E-state index in [4.69, 9.17) is 14.2 Å². The van der Waals surface area contributed by atoms with Crippen molar-refractivity contribution in [2.24, 2.45) is 5.16 Å². The summed E-state index contributed by atoms with van der Waals surface area (Å²) in [6, 6.07) is 18.4. The number of benzene rings is 2. The molecule has 0 radical (unpaired) electrons. The van der Waals surface area contributed by atoms with Crippen molar-refractivity contribution < 1.29 is 14.0 Å². The first kappa shape index (κ1) is 14.5. The monoisotopic (exact) mass is 341 g/mol. The highest BCUT2D eigenvalue weighted by Gasteiger charge is 2.29. The van der Waals surface area contributed by atoms with E-state index < -0.39 is 5.97 Å². The number of aromatic nitrogens is 2. The number of carbonyl (C=O) groups excluding carboxylic acids is 1. The predicted octanol–water partition coefficient (Wildman–Crippen LogP) is 3.81. The SMILES string of the molecule is O=C(O/N=C1\c2ccccc2-c2nc3ccccc3nc21)c1ccco1. The fourth-order valence-electron chi connectivity index (χ4n) is 3.00. The largest absolute Gasteiger partial charge is 0.457 e. The van der Waals surface area contributed by atoms with Gasteiger partial charge in [0.05, 0.1) is 23.0 Å². The molecule has 0 amide bonds. The van der Waals surface area contributed by atoms with Crippen LogP contribution in [-0.2, 0) is 4.84 Å². The van der Waals surface area contributed by atoms with Gasteiger partial charge in [-0.1, -0.05) is 41.6 Å². The second kappa shape index (κ2) is 5.63. The molecule has 2 aromatic carbocycles. The molecule has 0 unspecified atom stereocenters. The predicted molar refractivity (Wildman–Crippen MR) is 94.7 cm³/mol. The fraction of sp³-hybridized carbons (Fsp3) is 0. The van der Waals surface area contributed by atoms with Crippen LogP contribution < -0.4 is 0 Å². The molecule has 4 aromatic rings. The lowest BCUT2D eigenvalue weighted by atomic mass is 10.1. The molecule has 1 aliphatic rings. The minimum absolute atomic E-state index is 0.0884. The Morgan fingerprint density at radius 2 is 1.54 bits per heavy atom. The third-order valence-electron chi connectivity index (χ3n) is 4.17. The van der Waals surface area contributed by atoms with Gasteiger partial charge >= 0.3 is 5.97 Å². The lowest BCUT2D eigenvalue weighted by Gasteiger charge is -2.02. The van der Waals surface area contributed by atoms with Gasteiger partial charge in [-0.05, 0) is 24.3 Å². The van der Waals surface area contributed by atoms with E-state index in [0.717, 1.165) is 27.9 Å². The molecule has 0 saturated heterocycles. The van der Waals surface area contributed by atoms with Crippen LogP contribution in [0, 0.1) is 0 Å². The first-order valence-corrected chi connectivity index (χ1v) is 8.01. The van der Waals surface area contributed by atoms with E-state index in [2.05, 4.69) is 10.1 Å². The van der Waals surface area contributed by atoms with Crippen LogP contribution in [0.3, 0.4) is 0 Å². The Bertz CT molecular complexity index is 1180. The summed E-state index contributed by atoms with van der Waals surface area (Å²) in [5.74, 6) is -0.576. The summed E-state index contributed by atoms with van der Waals surface area (Å²) in [5, 5.41) is 4.07. The highest BCUT2D eigenvalue weighted by molar-refractivity contribution is 6.23. The van der Waals surface area contributed by atoms with Crippen LogP contribution in [0.25, 0.3) is 22.3 Å². The van der Waals surface area contributed by atoms with Gasteiger partial charge in [-0.3, -0.25) is 0 Å². The van der Waals surface area contributed by atoms with E-state index in [1.807, 2.05) is 48.5 Å². The van der Waals surface area contributed by atoms with Crippen LogP contribution in [0.4, 0.5) is 0 Å². The van der Waals surface area contributed by atoms with Crippen molar-refractivity contribution in [1.82, 2.24) is 9.97 Å². The topological polar surface area (TPSA) is 77.6 Å². The Balaban J connectivity index is 1.65. The molecule has 26 heavy (non-hydrogen) atoms. The van der Waals surface area contributed by atoms with Gasteiger partial charge in [0.15, 0.2) is 0 Å². The van der Waals surface area contributed by atoms with Crippen LogP contribution in [0.1, 0.15) is 21.8 Å². The minimum atomic E-state index is -0.665. The number of furan rings is 1. The highest BCUT2D eigenvalue weighted by atomic mass is 16.7. The number of hydrogen-bond acceptors (Lipinski definition) is 6. The van der Waals surface area contributed by atoms with Crippen molar-refractivity contribution in [1.29, 1.82) is 0 Å². The Morgan fingerprint density at radius 3 is 2.27 bits per heavy atom. The Labute approximate surface area is 147 Å². The summed E-state index contributed by atoms with van der Waals surface area (Å²) in [6.45, 7) is 0. The van der Waals surface area contributed by atoms with Crippen LogP contribution >= 0.6 is 0 Å². The van der Waals surface area contributed by atoms with Crippen molar-refractivity contribution in [3.63, 3.8) is 0 Å². The van der Waals surface area contributed by atoms with Gasteiger partial charge in [0.1, 0.15) is 11.4 Å². The molecule has 0 aliphatic heterocycles. The van der Waals surface area contributed by atoms with Gasteiger partial charge in [0.2, 0.25) is 5.76 Å². The molecule has 0 atom stereocenters. The summed E-state index contributed by atoms with van der Waals surface area (Å²) in [7, 11) is 0. The van der Waals surface area contributed by atoms with Gasteiger partial charge in [0.25, 0.3) is 0 Å². The van der Waals surface area contributed by atoms with Crippen molar-refractivity contribution in [2.75, 3.05) is 0 Å². The molecule has 124 valence electrons. The van der Waals surface area contributed by atoms with Gasteiger partial charge in [0, 0.05) is 11.1 Å². The van der Waals surface area contributed by atoms with Crippen LogP contribution in [-0.4, -0.2) is 21.6 Å². The first-order chi connectivity index (χ1) is 12.8. The van der Waals surface area contributed by atoms with E-state index >= 15 is 0 Å². The van der Waals surface area contributed by atoms with Crippen molar-refractivity contribution in [3.8, 4) is 11.3 Å². The minimum Gasteiger partial charge on any atom is -0.457 e. The zero-order chi connectivity index (χ0) is 17.5. The number of fused-ring (bicyclic) bond motifs is 4. The Hall–Kier alpha value is -3.80. The molecule has 0 spiro atoms. The summed E-state index contributed by atoms with van der Waals surface area (Å²) in [5.41, 5.74) is 5.09. The molecule has 0 N–H and O–H groups in total. The van der Waals surface area contributed by atoms with Crippen LogP contribution in [0.15, 0.2) is 76.5 Å². The molecule has 6 nitrogen and oxygen atoms in total. The summed E-state index contributed by atoms with van der Waals surface area (Å²) in [4.78, 5) is 26.5. The second-order valence-corrected chi connectivity index (χ2v) is 5.75. The standard InChI is InChI=1S/C20H11N3O3/c24-20(16-10-5-11-25-16)26-23-18-13-7-2-1-6-12(13)17-19(18)22-15-9-4-3-8-14(15)21-17/h1-11H/b23-18+. The van der Waals surface area contributed by atoms with Gasteiger partial charge in [-0.15, -0.1) is 0 Å². The van der Waals surface area contributed by atoms with E-state index in [-0.39, 0.29) is 5.76 Å². The van der Waals surface area contributed by atoms with Gasteiger partial charge in [-0.2, -0.15) is 0 Å². The van der Waals surface area contributed by atoms with E-state index in [0.29, 0.717) is 11.4 Å². The third kappa shape index (κ3) is 2.20. The molecule has 0 fully saturated rings. The average molecular weight is 341 g/mol. The summed E-state index contributed by atoms with van der Waals surface area (Å²) in [6.07, 6.45) is 1.40. The lowest BCUT2D eigenvalue weighted by Crippen LogP contribution is -2.06. The molecule has 2 heterocycles. The third-order valence-corrected chi connectivity index (χ3v) is 4.17. The molecule has 0 saturated carbocycles. The number of para-hydroxylation sites is 2. The van der Waals surface area contributed by atoms with Crippen LogP contribution in [0.2, 0.25) is 0 Å². The van der Waals surface area contributed by atoms with Crippen LogP contribution in [0.5, 0.6) is 0 Å². The van der Waals surface area contributed by atoms with Gasteiger partial charge in [-0.25, -0.2) is 14.8 Å². The maximum atomic E-state index is 12.0. The van der Waals surface area contributed by atoms with Crippen molar-refractivity contribution in [2.45, 2.75) is 0 Å². The van der Waals surface area contributed by atoms with E-state index in [1.54, 1.807) is 6.07 Å². The smallest absolute Gasteiger partial charge is 0.400 e. The number of nitrogens with zero attached hydrogens (tertiary/aromatic N) is 3. The molecule has 0 bridgehead atoms. The van der Waals surface area contributed by atoms with Crippen molar-refractivity contribution >= 4 is 22.7 Å². The second-order valence-electron chi connectivity index (χ2n) is 5.75. The Morgan fingerprint density at radius 1 is 0.846 bits per heavy atom. The first-order valence-electron chi connectivity index (χ1n) is 8.01. The molecule has 1 aliphatic carbocycles. The number of rotatable bonds is 2. The fourth-order valence-corrected chi connectivity index (χ4v) is 3.00. The lowest BCUT2D eigenvalue weighted by molar-refractivity contribution is 0.0480. The Kier molecular flexibility index (Phi) is 3.15. The quantitative estimate of drug-likeness (QED) is 0.360. The summed E-state index contributed by atoms with van der Waals surface area (Å²) >= 11 is 0. The number of oxime groups is 1. The van der Waals surface area contributed by atoms with Crippen molar-refractivity contribution in [3.05, 3.63) is 83.9 Å². The number of carbonyl (C=O) groups is 1. The average Bonchev–Trinajstić information content (AvgIpc) is 3.31. The molecule has 2 aromatic heterocycles. The zero-order valence-electron chi connectivity index (χ0n) is 13.4. The normalized spacial score (nSPS) is 13.6. The summed E-state index contributed by atoms with van der Waals surface area (Å²) < 4.78 is 5.04. The number of hydrogen-bond donors (Lipinski definition) is 0.